The van der Waals surface area contributed by atoms with E-state index in [0.29, 0.717) is 21.4 Å². The van der Waals surface area contributed by atoms with E-state index >= 15 is 0 Å². The first kappa shape index (κ1) is 19.0. The maximum atomic E-state index is 14.8. The number of pyridine rings is 1. The SMILES string of the molecule is CC1(c2cc(NC(=O)c3ccc(Cl)cn3)ccc2F)N=C(N)SC2=C1CCC2. The molecule has 2 aromatic rings. The van der Waals surface area contributed by atoms with E-state index in [9.17, 15) is 9.18 Å². The molecule has 1 aliphatic heterocycles. The van der Waals surface area contributed by atoms with E-state index in [1.165, 1.54) is 41.1 Å². The fraction of sp³-hybridized carbons (Fsp3) is 0.250. The number of anilines is 1. The number of benzene rings is 1. The lowest BCUT2D eigenvalue weighted by Gasteiger charge is -2.33. The molecule has 1 aliphatic carbocycles. The van der Waals surface area contributed by atoms with Crippen molar-refractivity contribution in [3.8, 4) is 0 Å². The van der Waals surface area contributed by atoms with Crippen LogP contribution in [0.1, 0.15) is 42.2 Å². The molecule has 0 saturated carbocycles. The highest BCUT2D eigenvalue weighted by atomic mass is 35.5. The van der Waals surface area contributed by atoms with Crippen molar-refractivity contribution in [1.29, 1.82) is 0 Å². The number of allylic oxidation sites excluding steroid dienone is 1. The van der Waals surface area contributed by atoms with Crippen LogP contribution in [0.5, 0.6) is 0 Å². The molecule has 144 valence electrons. The number of rotatable bonds is 3. The smallest absolute Gasteiger partial charge is 0.274 e. The number of nitrogens with one attached hydrogen (secondary N) is 1. The second kappa shape index (κ2) is 7.22. The van der Waals surface area contributed by atoms with E-state index in [1.54, 1.807) is 12.1 Å². The van der Waals surface area contributed by atoms with E-state index in [0.717, 1.165) is 24.8 Å². The lowest BCUT2D eigenvalue weighted by atomic mass is 9.83. The molecular formula is C20H18ClFN4OS. The Morgan fingerprint density at radius 3 is 2.89 bits per heavy atom. The summed E-state index contributed by atoms with van der Waals surface area (Å²) < 4.78 is 14.8. The summed E-state index contributed by atoms with van der Waals surface area (Å²) in [6.45, 7) is 1.88. The largest absolute Gasteiger partial charge is 0.378 e. The summed E-state index contributed by atoms with van der Waals surface area (Å²) in [5.41, 5.74) is 7.34. The Morgan fingerprint density at radius 1 is 1.32 bits per heavy atom. The molecule has 0 fully saturated rings. The fourth-order valence-corrected chi connectivity index (χ4v) is 4.95. The fourth-order valence-electron chi connectivity index (χ4n) is 3.68. The number of hydrogen-bond donors (Lipinski definition) is 2. The van der Waals surface area contributed by atoms with Gasteiger partial charge in [-0.25, -0.2) is 14.4 Å². The van der Waals surface area contributed by atoms with E-state index in [2.05, 4.69) is 15.3 Å². The van der Waals surface area contributed by atoms with Gasteiger partial charge >= 0.3 is 0 Å². The number of halogens is 2. The van der Waals surface area contributed by atoms with Crippen molar-refractivity contribution in [2.75, 3.05) is 5.32 Å². The van der Waals surface area contributed by atoms with E-state index < -0.39 is 11.4 Å². The lowest BCUT2D eigenvalue weighted by Crippen LogP contribution is -2.30. The molecule has 1 atom stereocenters. The molecule has 0 radical (unpaired) electrons. The molecule has 5 nitrogen and oxygen atoms in total. The van der Waals surface area contributed by atoms with E-state index in [-0.39, 0.29) is 11.5 Å². The topological polar surface area (TPSA) is 80.4 Å². The first-order valence-electron chi connectivity index (χ1n) is 8.85. The predicted octanol–water partition coefficient (Wildman–Crippen LogP) is 4.84. The van der Waals surface area contributed by atoms with Crippen molar-refractivity contribution in [3.63, 3.8) is 0 Å². The van der Waals surface area contributed by atoms with Crippen LogP contribution in [0.2, 0.25) is 5.02 Å². The summed E-state index contributed by atoms with van der Waals surface area (Å²) in [5.74, 6) is -0.783. The van der Waals surface area contributed by atoms with Crippen LogP contribution in [0.25, 0.3) is 0 Å². The normalized spacial score (nSPS) is 21.3. The van der Waals surface area contributed by atoms with Gasteiger partial charge in [0.15, 0.2) is 5.17 Å². The molecule has 2 heterocycles. The van der Waals surface area contributed by atoms with Crippen LogP contribution < -0.4 is 11.1 Å². The first-order chi connectivity index (χ1) is 13.4. The monoisotopic (exact) mass is 416 g/mol. The number of amides is 1. The predicted molar refractivity (Wildman–Crippen MR) is 111 cm³/mol. The van der Waals surface area contributed by atoms with Gasteiger partial charge < -0.3 is 11.1 Å². The number of carbonyl (C=O) groups excluding carboxylic acids is 1. The van der Waals surface area contributed by atoms with Crippen LogP contribution in [0.15, 0.2) is 52.0 Å². The van der Waals surface area contributed by atoms with Crippen molar-refractivity contribution in [3.05, 3.63) is 69.1 Å². The molecule has 0 spiro atoms. The third kappa shape index (κ3) is 3.40. The first-order valence-corrected chi connectivity index (χ1v) is 10.0. The number of aromatic nitrogens is 1. The number of nitrogens with zero attached hydrogens (tertiary/aromatic N) is 2. The van der Waals surface area contributed by atoms with Gasteiger partial charge in [0.1, 0.15) is 17.1 Å². The van der Waals surface area contributed by atoms with E-state index in [1.807, 2.05) is 6.92 Å². The summed E-state index contributed by atoms with van der Waals surface area (Å²) in [5, 5.41) is 3.64. The molecule has 3 N–H and O–H groups in total. The Bertz CT molecular complexity index is 1020. The third-order valence-corrected chi connectivity index (χ3v) is 6.25. The molecule has 4 rings (SSSR count). The highest BCUT2D eigenvalue weighted by molar-refractivity contribution is 8.17. The number of nitrogens with two attached hydrogens (primary N) is 1. The second-order valence-electron chi connectivity index (χ2n) is 6.89. The summed E-state index contributed by atoms with van der Waals surface area (Å²) in [6, 6.07) is 7.60. The molecular weight excluding hydrogens is 399 g/mol. The molecule has 0 saturated heterocycles. The highest BCUT2D eigenvalue weighted by Crippen LogP contribution is 2.50. The minimum atomic E-state index is -0.871. The maximum absolute atomic E-state index is 14.8. The zero-order chi connectivity index (χ0) is 19.9. The van der Waals surface area contributed by atoms with Crippen molar-refractivity contribution >= 4 is 40.1 Å². The van der Waals surface area contributed by atoms with Gasteiger partial charge in [-0.2, -0.15) is 0 Å². The van der Waals surface area contributed by atoms with Gasteiger partial charge in [-0.15, -0.1) is 0 Å². The third-order valence-electron chi connectivity index (χ3n) is 5.03. The number of carbonyl (C=O) groups is 1. The van der Waals surface area contributed by atoms with E-state index in [4.69, 9.17) is 17.3 Å². The van der Waals surface area contributed by atoms with Crippen molar-refractivity contribution < 1.29 is 9.18 Å². The number of hydrogen-bond acceptors (Lipinski definition) is 5. The molecule has 2 aliphatic rings. The van der Waals surface area contributed by atoms with Crippen molar-refractivity contribution in [2.45, 2.75) is 31.7 Å². The Labute approximate surface area is 171 Å². The molecule has 1 aromatic heterocycles. The van der Waals surface area contributed by atoms with Gasteiger partial charge in [0.25, 0.3) is 5.91 Å². The van der Waals surface area contributed by atoms with Crippen LogP contribution in [-0.2, 0) is 5.54 Å². The second-order valence-corrected chi connectivity index (χ2v) is 8.44. The van der Waals surface area contributed by atoms with Crippen LogP contribution >= 0.6 is 23.4 Å². The van der Waals surface area contributed by atoms with Crippen LogP contribution in [0, 0.1) is 5.82 Å². The average Bonchev–Trinajstić information content (AvgIpc) is 3.13. The Morgan fingerprint density at radius 2 is 2.14 bits per heavy atom. The lowest BCUT2D eigenvalue weighted by molar-refractivity contribution is 0.102. The Hall–Kier alpha value is -2.38. The zero-order valence-corrected chi connectivity index (χ0v) is 16.7. The molecule has 1 unspecified atom stereocenters. The minimum Gasteiger partial charge on any atom is -0.378 e. The summed E-state index contributed by atoms with van der Waals surface area (Å²) in [6.07, 6.45) is 4.21. The van der Waals surface area contributed by atoms with Crippen molar-refractivity contribution in [1.82, 2.24) is 4.98 Å². The van der Waals surface area contributed by atoms with Crippen molar-refractivity contribution in [2.24, 2.45) is 10.7 Å². The van der Waals surface area contributed by atoms with Gasteiger partial charge in [-0.1, -0.05) is 23.4 Å². The summed E-state index contributed by atoms with van der Waals surface area (Å²) >= 11 is 7.28. The maximum Gasteiger partial charge on any atom is 0.274 e. The van der Waals surface area contributed by atoms with Crippen LogP contribution in [0.4, 0.5) is 10.1 Å². The number of aliphatic imine (C=N–C) groups is 1. The van der Waals surface area contributed by atoms with Gasteiger partial charge in [0.05, 0.1) is 5.02 Å². The average molecular weight is 417 g/mol. The molecule has 1 aromatic carbocycles. The number of thioether (sulfide) groups is 1. The highest BCUT2D eigenvalue weighted by Gasteiger charge is 2.40. The standard InChI is InChI=1S/C20H18ClFN4OS/c1-20(13-3-2-4-17(13)28-19(23)26-20)14-9-12(6-7-15(14)22)25-18(27)16-8-5-11(21)10-24-16/h5-10H,2-4H2,1H3,(H2,23,26)(H,25,27). The molecule has 28 heavy (non-hydrogen) atoms. The summed E-state index contributed by atoms with van der Waals surface area (Å²) in [4.78, 5) is 22.2. The summed E-state index contributed by atoms with van der Waals surface area (Å²) in [7, 11) is 0. The zero-order valence-electron chi connectivity index (χ0n) is 15.1. The van der Waals surface area contributed by atoms with Gasteiger partial charge in [-0.05, 0) is 67.0 Å². The quantitative estimate of drug-likeness (QED) is 0.750. The van der Waals surface area contributed by atoms with Gasteiger partial charge in [0, 0.05) is 17.4 Å². The van der Waals surface area contributed by atoms with Gasteiger partial charge in [0.2, 0.25) is 0 Å². The molecule has 1 amide bonds. The number of amidine groups is 1. The van der Waals surface area contributed by atoms with Crippen LogP contribution in [-0.4, -0.2) is 16.1 Å². The van der Waals surface area contributed by atoms with Gasteiger partial charge in [-0.3, -0.25) is 4.79 Å². The van der Waals surface area contributed by atoms with Crippen LogP contribution in [0.3, 0.4) is 0 Å². The molecule has 0 bridgehead atoms. The Balaban J connectivity index is 1.68. The minimum absolute atomic E-state index is 0.221. The Kier molecular flexibility index (Phi) is 4.89. The molecule has 8 heteroatoms.